The molecule has 1 saturated carbocycles. The molecule has 2 N–H and O–H groups in total. The molecule has 0 aromatic carbocycles. The maximum Gasteiger partial charge on any atom is 0.290 e. The monoisotopic (exact) mass is 265 g/mol. The highest BCUT2D eigenvalue weighted by molar-refractivity contribution is 5.46. The van der Waals surface area contributed by atoms with Crippen molar-refractivity contribution in [1.82, 2.24) is 4.98 Å². The Kier molecular flexibility index (Phi) is 3.99. The van der Waals surface area contributed by atoms with Gasteiger partial charge in [-0.15, -0.1) is 0 Å². The fourth-order valence-corrected chi connectivity index (χ4v) is 2.54. The fraction of sp³-hybridized carbons (Fsp3) is 0.615. The van der Waals surface area contributed by atoms with Crippen LogP contribution in [0.25, 0.3) is 0 Å². The highest BCUT2D eigenvalue weighted by atomic mass is 16.6. The van der Waals surface area contributed by atoms with Crippen molar-refractivity contribution in [2.45, 2.75) is 32.6 Å². The Morgan fingerprint density at radius 1 is 1.58 bits per heavy atom. The minimum atomic E-state index is -0.425. The molecule has 1 fully saturated rings. The van der Waals surface area contributed by atoms with Crippen molar-refractivity contribution in [2.24, 2.45) is 5.41 Å². The number of aryl methyl sites for hydroxylation is 1. The number of nitrogens with zero attached hydrogens (tertiary/aromatic N) is 2. The van der Waals surface area contributed by atoms with Crippen LogP contribution >= 0.6 is 0 Å². The summed E-state index contributed by atoms with van der Waals surface area (Å²) in [5, 5.41) is 23.0. The summed E-state index contributed by atoms with van der Waals surface area (Å²) in [4.78, 5) is 14.3. The van der Waals surface area contributed by atoms with E-state index in [2.05, 4.69) is 10.3 Å². The molecule has 1 heterocycles. The molecular weight excluding hydrogens is 246 g/mol. The Balaban J connectivity index is 2.00. The van der Waals surface area contributed by atoms with Gasteiger partial charge >= 0.3 is 0 Å². The highest BCUT2D eigenvalue weighted by Crippen LogP contribution is 2.43. The Hall–Kier alpha value is -1.69. The summed E-state index contributed by atoms with van der Waals surface area (Å²) in [6.07, 6.45) is 5.52. The number of nitro groups is 1. The number of hydrogen-bond acceptors (Lipinski definition) is 5. The topological polar surface area (TPSA) is 88.3 Å². The SMILES string of the molecule is Cc1cc(NCC2(CCO)CCC2)ncc1[N+](=O)[O-]. The Morgan fingerprint density at radius 3 is 2.79 bits per heavy atom. The third kappa shape index (κ3) is 3.01. The molecule has 19 heavy (non-hydrogen) atoms. The predicted octanol–water partition coefficient (Wildman–Crippen LogP) is 2.26. The zero-order chi connectivity index (χ0) is 13.9. The van der Waals surface area contributed by atoms with Gasteiger partial charge in [0.25, 0.3) is 5.69 Å². The molecular formula is C13H19N3O3. The minimum absolute atomic E-state index is 0.0410. The molecule has 0 atom stereocenters. The maximum absolute atomic E-state index is 10.7. The average Bonchev–Trinajstić information content (AvgIpc) is 2.32. The van der Waals surface area contributed by atoms with Gasteiger partial charge < -0.3 is 10.4 Å². The highest BCUT2D eigenvalue weighted by Gasteiger charge is 2.36. The molecule has 1 aromatic heterocycles. The van der Waals surface area contributed by atoms with Gasteiger partial charge in [0.1, 0.15) is 12.0 Å². The largest absolute Gasteiger partial charge is 0.396 e. The van der Waals surface area contributed by atoms with Gasteiger partial charge in [0.2, 0.25) is 0 Å². The number of aromatic nitrogens is 1. The van der Waals surface area contributed by atoms with Crippen molar-refractivity contribution in [3.63, 3.8) is 0 Å². The summed E-state index contributed by atoms with van der Waals surface area (Å²) in [6.45, 7) is 2.67. The molecule has 0 amide bonds. The zero-order valence-electron chi connectivity index (χ0n) is 11.1. The minimum Gasteiger partial charge on any atom is -0.396 e. The number of anilines is 1. The van der Waals surface area contributed by atoms with Gasteiger partial charge in [-0.05, 0) is 37.7 Å². The van der Waals surface area contributed by atoms with E-state index in [-0.39, 0.29) is 17.7 Å². The first-order valence-electron chi connectivity index (χ1n) is 6.52. The fourth-order valence-electron chi connectivity index (χ4n) is 2.54. The number of pyridine rings is 1. The molecule has 1 aliphatic carbocycles. The van der Waals surface area contributed by atoms with E-state index in [9.17, 15) is 10.1 Å². The van der Waals surface area contributed by atoms with Crippen LogP contribution in [0.1, 0.15) is 31.2 Å². The molecule has 6 heteroatoms. The lowest BCUT2D eigenvalue weighted by Gasteiger charge is -2.42. The van der Waals surface area contributed by atoms with Crippen LogP contribution in [0, 0.1) is 22.5 Å². The summed E-state index contributed by atoms with van der Waals surface area (Å²) in [5.74, 6) is 0.660. The van der Waals surface area contributed by atoms with Crippen LogP contribution in [0.2, 0.25) is 0 Å². The van der Waals surface area contributed by atoms with Gasteiger partial charge in [-0.1, -0.05) is 6.42 Å². The van der Waals surface area contributed by atoms with Crippen LogP contribution in [-0.2, 0) is 0 Å². The quantitative estimate of drug-likeness (QED) is 0.608. The second kappa shape index (κ2) is 5.52. The molecule has 2 rings (SSSR count). The summed E-state index contributed by atoms with van der Waals surface area (Å²) in [5.41, 5.74) is 0.818. The second-order valence-corrected chi connectivity index (χ2v) is 5.29. The van der Waals surface area contributed by atoms with Crippen molar-refractivity contribution in [3.05, 3.63) is 27.9 Å². The first-order chi connectivity index (χ1) is 9.06. The van der Waals surface area contributed by atoms with Crippen molar-refractivity contribution in [2.75, 3.05) is 18.5 Å². The zero-order valence-corrected chi connectivity index (χ0v) is 11.1. The van der Waals surface area contributed by atoms with E-state index in [1.807, 2.05) is 0 Å². The Morgan fingerprint density at radius 2 is 2.32 bits per heavy atom. The number of aliphatic hydroxyl groups excluding tert-OH is 1. The number of hydrogen-bond donors (Lipinski definition) is 2. The maximum atomic E-state index is 10.7. The van der Waals surface area contributed by atoms with E-state index < -0.39 is 4.92 Å². The van der Waals surface area contributed by atoms with Crippen LogP contribution in [0.4, 0.5) is 11.5 Å². The molecule has 0 spiro atoms. The van der Waals surface area contributed by atoms with E-state index in [0.717, 1.165) is 25.8 Å². The number of aliphatic hydroxyl groups is 1. The molecule has 0 saturated heterocycles. The first kappa shape index (κ1) is 13.7. The summed E-state index contributed by atoms with van der Waals surface area (Å²) >= 11 is 0. The lowest BCUT2D eigenvalue weighted by molar-refractivity contribution is -0.385. The number of rotatable bonds is 6. The van der Waals surface area contributed by atoms with Crippen LogP contribution in [0.15, 0.2) is 12.3 Å². The molecule has 1 aromatic rings. The lowest BCUT2D eigenvalue weighted by atomic mass is 9.67. The van der Waals surface area contributed by atoms with Crippen LogP contribution in [0.3, 0.4) is 0 Å². The Bertz CT molecular complexity index is 472. The molecule has 0 bridgehead atoms. The lowest BCUT2D eigenvalue weighted by Crippen LogP contribution is -2.37. The first-order valence-corrected chi connectivity index (χ1v) is 6.52. The third-order valence-electron chi connectivity index (χ3n) is 3.98. The summed E-state index contributed by atoms with van der Waals surface area (Å²) in [7, 11) is 0. The average molecular weight is 265 g/mol. The van der Waals surface area contributed by atoms with E-state index in [1.165, 1.54) is 12.6 Å². The summed E-state index contributed by atoms with van der Waals surface area (Å²) in [6, 6.07) is 1.70. The van der Waals surface area contributed by atoms with Gasteiger partial charge in [0.05, 0.1) is 4.92 Å². The van der Waals surface area contributed by atoms with Crippen molar-refractivity contribution in [3.8, 4) is 0 Å². The molecule has 0 aliphatic heterocycles. The smallest absolute Gasteiger partial charge is 0.290 e. The van der Waals surface area contributed by atoms with Gasteiger partial charge in [-0.2, -0.15) is 0 Å². The third-order valence-corrected chi connectivity index (χ3v) is 3.98. The summed E-state index contributed by atoms with van der Waals surface area (Å²) < 4.78 is 0. The standard InChI is InChI=1S/C13H19N3O3/c1-10-7-12(14-8-11(10)16(18)19)15-9-13(5-6-17)3-2-4-13/h7-8,17H,2-6,9H2,1H3,(H,14,15). The van der Waals surface area contributed by atoms with Crippen molar-refractivity contribution < 1.29 is 10.0 Å². The van der Waals surface area contributed by atoms with Gasteiger partial charge in [0.15, 0.2) is 0 Å². The van der Waals surface area contributed by atoms with Gasteiger partial charge in [-0.3, -0.25) is 10.1 Å². The normalized spacial score (nSPS) is 16.7. The van der Waals surface area contributed by atoms with E-state index in [4.69, 9.17) is 5.11 Å². The van der Waals surface area contributed by atoms with Crippen LogP contribution in [-0.4, -0.2) is 28.2 Å². The molecule has 104 valence electrons. The van der Waals surface area contributed by atoms with Crippen molar-refractivity contribution in [1.29, 1.82) is 0 Å². The van der Waals surface area contributed by atoms with Crippen LogP contribution in [0.5, 0.6) is 0 Å². The number of nitrogens with one attached hydrogen (secondary N) is 1. The molecule has 6 nitrogen and oxygen atoms in total. The van der Waals surface area contributed by atoms with Gasteiger partial charge in [-0.25, -0.2) is 4.98 Å². The van der Waals surface area contributed by atoms with Gasteiger partial charge in [0, 0.05) is 18.7 Å². The van der Waals surface area contributed by atoms with Crippen molar-refractivity contribution >= 4 is 11.5 Å². The van der Waals surface area contributed by atoms with E-state index in [1.54, 1.807) is 13.0 Å². The predicted molar refractivity (Wildman–Crippen MR) is 72.1 cm³/mol. The van der Waals surface area contributed by atoms with E-state index >= 15 is 0 Å². The Labute approximate surface area is 112 Å². The van der Waals surface area contributed by atoms with E-state index in [0.29, 0.717) is 11.4 Å². The van der Waals surface area contributed by atoms with Crippen LogP contribution < -0.4 is 5.32 Å². The molecule has 0 unspecified atom stereocenters. The molecule has 1 aliphatic rings. The second-order valence-electron chi connectivity index (χ2n) is 5.29. The molecule has 0 radical (unpaired) electrons.